The van der Waals surface area contributed by atoms with Gasteiger partial charge in [0.2, 0.25) is 15.9 Å². The van der Waals surface area contributed by atoms with E-state index in [9.17, 15) is 17.6 Å². The van der Waals surface area contributed by atoms with E-state index in [1.807, 2.05) is 32.0 Å². The van der Waals surface area contributed by atoms with Crippen molar-refractivity contribution in [2.75, 3.05) is 22.4 Å². The van der Waals surface area contributed by atoms with Gasteiger partial charge in [0.1, 0.15) is 12.4 Å². The highest BCUT2D eigenvalue weighted by molar-refractivity contribution is 7.92. The molecule has 1 N–H and O–H groups in total. The van der Waals surface area contributed by atoms with E-state index in [0.717, 1.165) is 33.8 Å². The van der Waals surface area contributed by atoms with Crippen LogP contribution < -0.4 is 9.62 Å². The van der Waals surface area contributed by atoms with Gasteiger partial charge in [-0.1, -0.05) is 12.1 Å². The second kappa shape index (κ2) is 7.00. The number of nitrogens with one attached hydrogen (secondary N) is 1. The van der Waals surface area contributed by atoms with Crippen molar-refractivity contribution in [3.05, 3.63) is 59.4 Å². The van der Waals surface area contributed by atoms with Gasteiger partial charge in [-0.05, 0) is 55.3 Å². The number of carbonyl (C=O) groups excluding carboxylic acids is 1. The maximum absolute atomic E-state index is 13.0. The molecule has 5 nitrogen and oxygen atoms in total. The summed E-state index contributed by atoms with van der Waals surface area (Å²) in [5, 5.41) is 2.72. The van der Waals surface area contributed by atoms with Crippen molar-refractivity contribution >= 4 is 27.3 Å². The molecular formula is C17H19FN2O3S. The Morgan fingerprint density at radius 3 is 2.33 bits per heavy atom. The Morgan fingerprint density at radius 1 is 1.12 bits per heavy atom. The van der Waals surface area contributed by atoms with Crippen LogP contribution in [0.3, 0.4) is 0 Å². The van der Waals surface area contributed by atoms with Crippen molar-refractivity contribution in [1.82, 2.24) is 0 Å². The summed E-state index contributed by atoms with van der Waals surface area (Å²) in [6.07, 6.45) is 1.00. The number of anilines is 2. The molecule has 0 spiro atoms. The Balaban J connectivity index is 2.22. The van der Waals surface area contributed by atoms with E-state index in [-0.39, 0.29) is 5.69 Å². The first kappa shape index (κ1) is 17.9. The maximum Gasteiger partial charge on any atom is 0.245 e. The monoisotopic (exact) mass is 350 g/mol. The Hall–Kier alpha value is -2.41. The van der Waals surface area contributed by atoms with E-state index in [0.29, 0.717) is 5.69 Å². The lowest BCUT2D eigenvalue weighted by molar-refractivity contribution is -0.114. The van der Waals surface area contributed by atoms with Gasteiger partial charge in [-0.15, -0.1) is 0 Å². The molecule has 0 aliphatic carbocycles. The van der Waals surface area contributed by atoms with E-state index in [4.69, 9.17) is 0 Å². The molecule has 2 rings (SSSR count). The minimum atomic E-state index is -3.69. The fraction of sp³-hybridized carbons (Fsp3) is 0.235. The topological polar surface area (TPSA) is 66.5 Å². The number of hydrogen-bond donors (Lipinski definition) is 1. The Morgan fingerprint density at radius 2 is 1.75 bits per heavy atom. The lowest BCUT2D eigenvalue weighted by Gasteiger charge is -2.22. The zero-order valence-corrected chi connectivity index (χ0v) is 14.5. The van der Waals surface area contributed by atoms with Gasteiger partial charge in [-0.3, -0.25) is 9.10 Å². The lowest BCUT2D eigenvalue weighted by Crippen LogP contribution is -2.37. The molecular weight excluding hydrogens is 331 g/mol. The number of sulfonamides is 1. The summed E-state index contributed by atoms with van der Waals surface area (Å²) in [5.41, 5.74) is 2.72. The molecule has 2 aromatic carbocycles. The summed E-state index contributed by atoms with van der Waals surface area (Å²) in [6.45, 7) is 3.36. The van der Waals surface area contributed by atoms with Crippen LogP contribution in [0.5, 0.6) is 0 Å². The van der Waals surface area contributed by atoms with E-state index in [1.54, 1.807) is 0 Å². The zero-order chi connectivity index (χ0) is 17.9. The molecule has 0 radical (unpaired) electrons. The normalized spacial score (nSPS) is 11.2. The molecule has 24 heavy (non-hydrogen) atoms. The highest BCUT2D eigenvalue weighted by atomic mass is 32.2. The highest BCUT2D eigenvalue weighted by Gasteiger charge is 2.21. The first-order chi connectivity index (χ1) is 11.2. The standard InChI is InChI=1S/C17H19FN2O3S/c1-12-4-5-13(2)16(10-12)19-17(21)11-20(24(3,22)23)15-8-6-14(18)7-9-15/h4-10H,11H2,1-3H3,(H,19,21). The second-order valence-corrected chi connectivity index (χ2v) is 7.52. The van der Waals surface area contributed by atoms with Crippen LogP contribution in [0.4, 0.5) is 15.8 Å². The van der Waals surface area contributed by atoms with Gasteiger partial charge < -0.3 is 5.32 Å². The van der Waals surface area contributed by atoms with Crippen LogP contribution >= 0.6 is 0 Å². The summed E-state index contributed by atoms with van der Waals surface area (Å²) < 4.78 is 37.9. The summed E-state index contributed by atoms with van der Waals surface area (Å²) in [6, 6.07) is 10.6. The average Bonchev–Trinajstić information content (AvgIpc) is 2.48. The molecule has 2 aromatic rings. The van der Waals surface area contributed by atoms with E-state index in [1.165, 1.54) is 12.1 Å². The zero-order valence-electron chi connectivity index (χ0n) is 13.7. The summed E-state index contributed by atoms with van der Waals surface area (Å²) in [4.78, 5) is 12.3. The van der Waals surface area contributed by atoms with Crippen molar-refractivity contribution in [1.29, 1.82) is 0 Å². The molecule has 0 bridgehead atoms. The second-order valence-electron chi connectivity index (χ2n) is 5.61. The molecule has 0 aliphatic heterocycles. The van der Waals surface area contributed by atoms with Crippen molar-refractivity contribution < 1.29 is 17.6 Å². The third-order valence-electron chi connectivity index (χ3n) is 3.47. The number of carbonyl (C=O) groups is 1. The SMILES string of the molecule is Cc1ccc(C)c(NC(=O)CN(c2ccc(F)cc2)S(C)(=O)=O)c1. The molecule has 0 unspecified atom stereocenters. The average molecular weight is 350 g/mol. The number of hydrogen-bond acceptors (Lipinski definition) is 3. The predicted molar refractivity (Wildman–Crippen MR) is 93.1 cm³/mol. The van der Waals surface area contributed by atoms with E-state index < -0.39 is 28.3 Å². The predicted octanol–water partition coefficient (Wildman–Crippen LogP) is 2.85. The molecule has 128 valence electrons. The molecule has 7 heteroatoms. The lowest BCUT2D eigenvalue weighted by atomic mass is 10.1. The van der Waals surface area contributed by atoms with Crippen molar-refractivity contribution in [2.45, 2.75) is 13.8 Å². The highest BCUT2D eigenvalue weighted by Crippen LogP contribution is 2.19. The molecule has 1 amide bonds. The van der Waals surface area contributed by atoms with Gasteiger partial charge in [0.25, 0.3) is 0 Å². The van der Waals surface area contributed by atoms with Crippen LogP contribution in [0, 0.1) is 19.7 Å². The van der Waals surface area contributed by atoms with Crippen LogP contribution in [0.2, 0.25) is 0 Å². The van der Waals surface area contributed by atoms with Gasteiger partial charge in [-0.25, -0.2) is 12.8 Å². The third-order valence-corrected chi connectivity index (χ3v) is 4.61. The van der Waals surface area contributed by atoms with Gasteiger partial charge in [0.05, 0.1) is 11.9 Å². The molecule has 0 aromatic heterocycles. The smallest absolute Gasteiger partial charge is 0.245 e. The summed E-state index contributed by atoms with van der Waals surface area (Å²) in [7, 11) is -3.69. The number of rotatable bonds is 5. The molecule has 0 atom stereocenters. The van der Waals surface area contributed by atoms with Crippen LogP contribution in [-0.2, 0) is 14.8 Å². The molecule has 0 saturated carbocycles. The minimum Gasteiger partial charge on any atom is -0.324 e. The number of aryl methyl sites for hydroxylation is 2. The number of nitrogens with zero attached hydrogens (tertiary/aromatic N) is 1. The van der Waals surface area contributed by atoms with Gasteiger partial charge in [-0.2, -0.15) is 0 Å². The number of halogens is 1. The first-order valence-electron chi connectivity index (χ1n) is 7.27. The first-order valence-corrected chi connectivity index (χ1v) is 9.12. The van der Waals surface area contributed by atoms with E-state index in [2.05, 4.69) is 5.32 Å². The van der Waals surface area contributed by atoms with E-state index >= 15 is 0 Å². The van der Waals surface area contributed by atoms with Gasteiger partial charge >= 0.3 is 0 Å². The van der Waals surface area contributed by atoms with Crippen molar-refractivity contribution in [3.8, 4) is 0 Å². The molecule has 0 saturated heterocycles. The van der Waals surface area contributed by atoms with Crippen LogP contribution in [0.15, 0.2) is 42.5 Å². The number of benzene rings is 2. The quantitative estimate of drug-likeness (QED) is 0.902. The van der Waals surface area contributed by atoms with Crippen LogP contribution in [0.25, 0.3) is 0 Å². The van der Waals surface area contributed by atoms with Crippen LogP contribution in [-0.4, -0.2) is 27.1 Å². The summed E-state index contributed by atoms with van der Waals surface area (Å²) in [5.74, 6) is -0.953. The summed E-state index contributed by atoms with van der Waals surface area (Å²) >= 11 is 0. The Kier molecular flexibility index (Phi) is 5.23. The molecule has 0 aliphatic rings. The van der Waals surface area contributed by atoms with Crippen LogP contribution in [0.1, 0.15) is 11.1 Å². The fourth-order valence-electron chi connectivity index (χ4n) is 2.20. The Bertz CT molecular complexity index is 849. The van der Waals surface area contributed by atoms with Crippen molar-refractivity contribution in [2.24, 2.45) is 0 Å². The van der Waals surface area contributed by atoms with Gasteiger partial charge in [0.15, 0.2) is 0 Å². The van der Waals surface area contributed by atoms with Crippen molar-refractivity contribution in [3.63, 3.8) is 0 Å². The minimum absolute atomic E-state index is 0.231. The largest absolute Gasteiger partial charge is 0.324 e. The fourth-order valence-corrected chi connectivity index (χ4v) is 3.05. The third kappa shape index (κ3) is 4.55. The van der Waals surface area contributed by atoms with Gasteiger partial charge in [0, 0.05) is 5.69 Å². The number of amides is 1. The maximum atomic E-state index is 13.0. The molecule has 0 fully saturated rings. The molecule has 0 heterocycles. The Labute approximate surface area is 141 Å².